The molecule has 0 aromatic heterocycles. The maximum absolute atomic E-state index is 12.0. The Morgan fingerprint density at radius 3 is 2.35 bits per heavy atom. The number of likely N-dealkylation sites (tertiary alicyclic amines) is 1. The molecule has 0 aromatic carbocycles. The van der Waals surface area contributed by atoms with Crippen LogP contribution in [-0.4, -0.2) is 35.1 Å². The van der Waals surface area contributed by atoms with Gasteiger partial charge in [-0.3, -0.25) is 9.69 Å². The van der Waals surface area contributed by atoms with E-state index in [-0.39, 0.29) is 5.41 Å². The molecule has 5 heteroatoms. The molecule has 1 saturated carbocycles. The van der Waals surface area contributed by atoms with Crippen LogP contribution in [0.5, 0.6) is 0 Å². The number of carbonyl (C=O) groups excluding carboxylic acids is 2. The average molecular weight is 240 g/mol. The molecule has 0 bridgehead atoms. The minimum atomic E-state index is -0.543. The maximum atomic E-state index is 12.0. The number of hydrogen-bond acceptors (Lipinski definition) is 3. The van der Waals surface area contributed by atoms with Gasteiger partial charge in [0, 0.05) is 6.54 Å². The molecule has 2 fully saturated rings. The van der Waals surface area contributed by atoms with E-state index in [4.69, 9.17) is 10.5 Å². The SMILES string of the molecule is CC(C)(C)OC(=O)N1CC2(CC2)C[C@H]1C(N)=O. The van der Waals surface area contributed by atoms with Crippen LogP contribution in [0.25, 0.3) is 0 Å². The summed E-state index contributed by atoms with van der Waals surface area (Å²) < 4.78 is 5.30. The highest BCUT2D eigenvalue weighted by atomic mass is 16.6. The molecule has 1 heterocycles. The Morgan fingerprint density at radius 1 is 1.35 bits per heavy atom. The maximum Gasteiger partial charge on any atom is 0.410 e. The summed E-state index contributed by atoms with van der Waals surface area (Å²) in [5.74, 6) is -0.431. The van der Waals surface area contributed by atoms with E-state index in [0.29, 0.717) is 13.0 Å². The van der Waals surface area contributed by atoms with Crippen molar-refractivity contribution < 1.29 is 14.3 Å². The molecular weight excluding hydrogens is 220 g/mol. The van der Waals surface area contributed by atoms with Crippen molar-refractivity contribution in [3.05, 3.63) is 0 Å². The molecule has 0 aromatic rings. The van der Waals surface area contributed by atoms with Crippen LogP contribution in [0.3, 0.4) is 0 Å². The Morgan fingerprint density at radius 2 is 1.94 bits per heavy atom. The van der Waals surface area contributed by atoms with Gasteiger partial charge in [-0.2, -0.15) is 0 Å². The van der Waals surface area contributed by atoms with Gasteiger partial charge in [-0.05, 0) is 45.4 Å². The van der Waals surface area contributed by atoms with Gasteiger partial charge in [0.05, 0.1) is 0 Å². The highest BCUT2D eigenvalue weighted by Crippen LogP contribution is 2.54. The molecule has 0 unspecified atom stereocenters. The van der Waals surface area contributed by atoms with Crippen LogP contribution in [0, 0.1) is 5.41 Å². The molecule has 17 heavy (non-hydrogen) atoms. The average Bonchev–Trinajstić information content (AvgIpc) is 2.73. The van der Waals surface area contributed by atoms with Crippen LogP contribution >= 0.6 is 0 Å². The van der Waals surface area contributed by atoms with Crippen LogP contribution in [0.15, 0.2) is 0 Å². The molecular formula is C12H20N2O3. The lowest BCUT2D eigenvalue weighted by Gasteiger charge is -2.27. The van der Waals surface area contributed by atoms with Gasteiger partial charge in [0.1, 0.15) is 11.6 Å². The number of ether oxygens (including phenoxy) is 1. The summed E-state index contributed by atoms with van der Waals surface area (Å²) >= 11 is 0. The van der Waals surface area contributed by atoms with Crippen LogP contribution in [0.1, 0.15) is 40.0 Å². The first-order valence-electron chi connectivity index (χ1n) is 6.01. The normalized spacial score (nSPS) is 26.1. The van der Waals surface area contributed by atoms with Crippen molar-refractivity contribution in [2.45, 2.75) is 51.7 Å². The number of amides is 2. The third kappa shape index (κ3) is 2.53. The van der Waals surface area contributed by atoms with Gasteiger partial charge in [-0.15, -0.1) is 0 Å². The lowest BCUT2D eigenvalue weighted by molar-refractivity contribution is -0.122. The molecule has 2 N–H and O–H groups in total. The number of nitrogens with zero attached hydrogens (tertiary/aromatic N) is 1. The van der Waals surface area contributed by atoms with Crippen molar-refractivity contribution in [2.75, 3.05) is 6.54 Å². The zero-order valence-corrected chi connectivity index (χ0v) is 10.7. The van der Waals surface area contributed by atoms with Gasteiger partial charge >= 0.3 is 6.09 Å². The zero-order valence-electron chi connectivity index (χ0n) is 10.7. The highest BCUT2D eigenvalue weighted by molar-refractivity contribution is 5.85. The molecule has 2 rings (SSSR count). The quantitative estimate of drug-likeness (QED) is 0.750. The molecule has 1 saturated heterocycles. The molecule has 2 amide bonds. The van der Waals surface area contributed by atoms with Crippen LogP contribution in [-0.2, 0) is 9.53 Å². The predicted octanol–water partition coefficient (Wildman–Crippen LogP) is 1.26. The van der Waals surface area contributed by atoms with E-state index in [1.54, 1.807) is 0 Å². The molecule has 1 aliphatic heterocycles. The minimum Gasteiger partial charge on any atom is -0.444 e. The standard InChI is InChI=1S/C12H20N2O3/c1-11(2,3)17-10(16)14-7-12(4-5-12)6-8(14)9(13)15/h8H,4-7H2,1-3H3,(H2,13,15)/t8-/m0/s1. The van der Waals surface area contributed by atoms with E-state index >= 15 is 0 Å². The Hall–Kier alpha value is -1.26. The van der Waals surface area contributed by atoms with Crippen molar-refractivity contribution in [3.63, 3.8) is 0 Å². The zero-order chi connectivity index (χ0) is 12.8. The lowest BCUT2D eigenvalue weighted by Crippen LogP contribution is -2.45. The third-order valence-electron chi connectivity index (χ3n) is 3.42. The first-order valence-corrected chi connectivity index (χ1v) is 6.01. The van der Waals surface area contributed by atoms with Crippen molar-refractivity contribution in [2.24, 2.45) is 11.1 Å². The van der Waals surface area contributed by atoms with Crippen LogP contribution < -0.4 is 5.73 Å². The van der Waals surface area contributed by atoms with E-state index in [1.807, 2.05) is 20.8 Å². The largest absolute Gasteiger partial charge is 0.444 e. The summed E-state index contributed by atoms with van der Waals surface area (Å²) in [4.78, 5) is 24.9. The molecule has 2 aliphatic rings. The van der Waals surface area contributed by atoms with E-state index < -0.39 is 23.6 Å². The lowest BCUT2D eigenvalue weighted by atomic mass is 10.0. The number of nitrogens with two attached hydrogens (primary N) is 1. The minimum absolute atomic E-state index is 0.149. The van der Waals surface area contributed by atoms with E-state index in [0.717, 1.165) is 12.8 Å². The molecule has 96 valence electrons. The Balaban J connectivity index is 2.08. The fraction of sp³-hybridized carbons (Fsp3) is 0.833. The van der Waals surface area contributed by atoms with Crippen LogP contribution in [0.4, 0.5) is 4.79 Å². The fourth-order valence-electron chi connectivity index (χ4n) is 2.36. The Bertz CT molecular complexity index is 355. The first-order chi connectivity index (χ1) is 7.72. The van der Waals surface area contributed by atoms with Gasteiger partial charge in [0.25, 0.3) is 0 Å². The molecule has 0 radical (unpaired) electrons. The molecule has 1 atom stereocenters. The summed E-state index contributed by atoms with van der Waals surface area (Å²) in [5, 5.41) is 0. The molecule has 5 nitrogen and oxygen atoms in total. The smallest absolute Gasteiger partial charge is 0.410 e. The van der Waals surface area contributed by atoms with Crippen molar-refractivity contribution in [3.8, 4) is 0 Å². The molecule has 1 spiro atoms. The summed E-state index contributed by atoms with van der Waals surface area (Å²) in [6.45, 7) is 6.04. The monoisotopic (exact) mass is 240 g/mol. The number of rotatable bonds is 1. The number of hydrogen-bond donors (Lipinski definition) is 1. The summed E-state index contributed by atoms with van der Waals surface area (Å²) in [6.07, 6.45) is 2.43. The van der Waals surface area contributed by atoms with E-state index in [2.05, 4.69) is 0 Å². The Labute approximate surface area is 101 Å². The summed E-state index contributed by atoms with van der Waals surface area (Å²) in [5.41, 5.74) is 4.96. The summed E-state index contributed by atoms with van der Waals surface area (Å²) in [6, 6.07) is -0.493. The predicted molar refractivity (Wildman–Crippen MR) is 62.2 cm³/mol. The second kappa shape index (κ2) is 3.62. The summed E-state index contributed by atoms with van der Waals surface area (Å²) in [7, 11) is 0. The topological polar surface area (TPSA) is 72.6 Å². The van der Waals surface area contributed by atoms with Crippen molar-refractivity contribution in [1.29, 1.82) is 0 Å². The number of primary amides is 1. The fourth-order valence-corrected chi connectivity index (χ4v) is 2.36. The third-order valence-corrected chi connectivity index (χ3v) is 3.42. The van der Waals surface area contributed by atoms with Crippen molar-refractivity contribution in [1.82, 2.24) is 4.90 Å². The van der Waals surface area contributed by atoms with Crippen molar-refractivity contribution >= 4 is 12.0 Å². The van der Waals surface area contributed by atoms with Gasteiger partial charge in [-0.25, -0.2) is 4.79 Å². The second-order valence-electron chi connectivity index (χ2n) is 6.23. The van der Waals surface area contributed by atoms with Gasteiger partial charge < -0.3 is 10.5 Å². The van der Waals surface area contributed by atoms with E-state index in [1.165, 1.54) is 4.90 Å². The number of carbonyl (C=O) groups is 2. The Kier molecular flexibility index (Phi) is 2.60. The second-order valence-corrected chi connectivity index (χ2v) is 6.23. The molecule has 1 aliphatic carbocycles. The van der Waals surface area contributed by atoms with Gasteiger partial charge in [-0.1, -0.05) is 0 Å². The van der Waals surface area contributed by atoms with Gasteiger partial charge in [0.2, 0.25) is 5.91 Å². The highest BCUT2D eigenvalue weighted by Gasteiger charge is 2.55. The van der Waals surface area contributed by atoms with E-state index in [9.17, 15) is 9.59 Å². The van der Waals surface area contributed by atoms with Crippen LogP contribution in [0.2, 0.25) is 0 Å². The van der Waals surface area contributed by atoms with Gasteiger partial charge in [0.15, 0.2) is 0 Å². The first kappa shape index (κ1) is 12.2.